The van der Waals surface area contributed by atoms with Gasteiger partial charge in [-0.25, -0.2) is 13.4 Å². The topological polar surface area (TPSA) is 97.0 Å². The van der Waals surface area contributed by atoms with E-state index in [9.17, 15) is 8.42 Å². The number of unbranched alkanes of at least 4 members (excludes halogenated alkanes) is 1. The first-order chi connectivity index (χ1) is 11.0. The van der Waals surface area contributed by atoms with E-state index < -0.39 is 10.0 Å². The fourth-order valence-corrected chi connectivity index (χ4v) is 4.95. The van der Waals surface area contributed by atoms with Crippen LogP contribution in [-0.4, -0.2) is 51.5 Å². The third-order valence-corrected chi connectivity index (χ3v) is 6.88. The number of halogens is 1. The van der Waals surface area contributed by atoms with Crippen molar-refractivity contribution in [2.75, 3.05) is 32.8 Å². The summed E-state index contributed by atoms with van der Waals surface area (Å²) in [4.78, 5) is 5.11. The molecule has 0 aliphatic carbocycles. The van der Waals surface area contributed by atoms with E-state index in [1.807, 2.05) is 0 Å². The molecule has 1 saturated heterocycles. The molecule has 0 unspecified atom stereocenters. The highest BCUT2D eigenvalue weighted by Gasteiger charge is 2.27. The Labute approximate surface area is 164 Å². The number of aliphatic imine (C=N–C) groups is 1. The Morgan fingerprint density at radius 1 is 1.42 bits per heavy atom. The van der Waals surface area contributed by atoms with Crippen molar-refractivity contribution in [2.24, 2.45) is 10.7 Å². The number of nitrogens with zero attached hydrogens (tertiary/aromatic N) is 2. The summed E-state index contributed by atoms with van der Waals surface area (Å²) in [6, 6.07) is 3.43. The van der Waals surface area contributed by atoms with Crippen molar-refractivity contribution in [2.45, 2.75) is 30.5 Å². The van der Waals surface area contributed by atoms with Crippen molar-refractivity contribution < 1.29 is 13.2 Å². The number of nitrogens with one attached hydrogen (secondary N) is 1. The molecule has 3 N–H and O–H groups in total. The summed E-state index contributed by atoms with van der Waals surface area (Å²) in [6.07, 6.45) is 2.13. The van der Waals surface area contributed by atoms with Gasteiger partial charge in [-0.1, -0.05) is 13.3 Å². The number of ether oxygens (including phenoxy) is 1. The van der Waals surface area contributed by atoms with Gasteiger partial charge in [0.05, 0.1) is 19.8 Å². The summed E-state index contributed by atoms with van der Waals surface area (Å²) in [5.74, 6) is 0.393. The molecule has 0 atom stereocenters. The fourth-order valence-electron chi connectivity index (χ4n) is 2.11. The Morgan fingerprint density at radius 2 is 2.12 bits per heavy atom. The van der Waals surface area contributed by atoms with Crippen LogP contribution in [0.3, 0.4) is 0 Å². The van der Waals surface area contributed by atoms with E-state index in [0.717, 1.165) is 24.3 Å². The van der Waals surface area contributed by atoms with Crippen LogP contribution in [0.1, 0.15) is 24.6 Å². The molecule has 2 rings (SSSR count). The molecule has 1 aromatic heterocycles. The van der Waals surface area contributed by atoms with Crippen molar-refractivity contribution in [1.29, 1.82) is 0 Å². The van der Waals surface area contributed by atoms with Gasteiger partial charge in [-0.2, -0.15) is 4.31 Å². The minimum Gasteiger partial charge on any atom is -0.379 e. The number of hydrogen-bond donors (Lipinski definition) is 2. The highest BCUT2D eigenvalue weighted by Crippen LogP contribution is 2.26. The zero-order valence-electron chi connectivity index (χ0n) is 13.7. The second-order valence-electron chi connectivity index (χ2n) is 5.22. The molecule has 24 heavy (non-hydrogen) atoms. The van der Waals surface area contributed by atoms with E-state index in [0.29, 0.717) is 43.0 Å². The molecule has 0 radical (unpaired) electrons. The van der Waals surface area contributed by atoms with Gasteiger partial charge in [-0.15, -0.1) is 35.3 Å². The maximum Gasteiger partial charge on any atom is 0.252 e. The normalized spacial score (nSPS) is 16.6. The van der Waals surface area contributed by atoms with Crippen LogP contribution in [0.4, 0.5) is 0 Å². The molecule has 0 spiro atoms. The highest BCUT2D eigenvalue weighted by molar-refractivity contribution is 14.0. The number of sulfonamides is 1. The van der Waals surface area contributed by atoms with Crippen LogP contribution in [0.5, 0.6) is 0 Å². The summed E-state index contributed by atoms with van der Waals surface area (Å²) in [6.45, 7) is 4.99. The lowest BCUT2D eigenvalue weighted by molar-refractivity contribution is 0.0731. The largest absolute Gasteiger partial charge is 0.379 e. The number of hydrogen-bond acceptors (Lipinski definition) is 5. The number of rotatable bonds is 7. The van der Waals surface area contributed by atoms with Crippen LogP contribution >= 0.6 is 35.3 Å². The van der Waals surface area contributed by atoms with Crippen molar-refractivity contribution in [3.63, 3.8) is 0 Å². The lowest BCUT2D eigenvalue weighted by atomic mass is 10.3. The minimum absolute atomic E-state index is 0. The van der Waals surface area contributed by atoms with Crippen LogP contribution in [0.25, 0.3) is 0 Å². The zero-order chi connectivity index (χ0) is 16.7. The van der Waals surface area contributed by atoms with Gasteiger partial charge in [0.25, 0.3) is 10.0 Å². The molecule has 2 heterocycles. The second-order valence-corrected chi connectivity index (χ2v) is 8.55. The van der Waals surface area contributed by atoms with E-state index in [2.05, 4.69) is 17.2 Å². The van der Waals surface area contributed by atoms with Crippen LogP contribution < -0.4 is 11.1 Å². The molecule has 1 aliphatic heterocycles. The smallest absolute Gasteiger partial charge is 0.252 e. The minimum atomic E-state index is -3.42. The molecule has 1 fully saturated rings. The van der Waals surface area contributed by atoms with E-state index in [1.54, 1.807) is 12.1 Å². The summed E-state index contributed by atoms with van der Waals surface area (Å²) in [5.41, 5.74) is 5.77. The summed E-state index contributed by atoms with van der Waals surface area (Å²) in [5, 5.41) is 3.03. The third-order valence-electron chi connectivity index (χ3n) is 3.44. The molecule has 0 saturated carbocycles. The maximum absolute atomic E-state index is 12.5. The number of guanidine groups is 1. The highest BCUT2D eigenvalue weighted by atomic mass is 127. The Morgan fingerprint density at radius 3 is 2.79 bits per heavy atom. The van der Waals surface area contributed by atoms with Gasteiger partial charge >= 0.3 is 0 Å². The number of thiophene rings is 1. The lowest BCUT2D eigenvalue weighted by Crippen LogP contribution is -2.40. The molecular weight excluding hydrogens is 463 g/mol. The van der Waals surface area contributed by atoms with Gasteiger partial charge in [0.1, 0.15) is 4.21 Å². The molecule has 138 valence electrons. The molecular formula is C14H25IN4O3S2. The summed E-state index contributed by atoms with van der Waals surface area (Å²) >= 11 is 1.24. The molecule has 0 aromatic carbocycles. The summed E-state index contributed by atoms with van der Waals surface area (Å²) in [7, 11) is -3.42. The SMILES string of the molecule is CCCCNC(N)=NCc1ccc(S(=O)(=O)N2CCOCC2)s1.I. The van der Waals surface area contributed by atoms with Crippen LogP contribution in [-0.2, 0) is 21.3 Å². The molecule has 10 heteroatoms. The monoisotopic (exact) mass is 488 g/mol. The number of morpholine rings is 1. The Kier molecular flexibility index (Phi) is 9.49. The van der Waals surface area contributed by atoms with Gasteiger partial charge in [0.2, 0.25) is 0 Å². The third kappa shape index (κ3) is 6.14. The number of nitrogens with two attached hydrogens (primary N) is 1. The molecule has 0 bridgehead atoms. The van der Waals surface area contributed by atoms with Crippen LogP contribution in [0, 0.1) is 0 Å². The quantitative estimate of drug-likeness (QED) is 0.263. The van der Waals surface area contributed by atoms with Gasteiger partial charge < -0.3 is 15.8 Å². The van der Waals surface area contributed by atoms with Gasteiger partial charge in [-0.3, -0.25) is 0 Å². The average molecular weight is 488 g/mol. The van der Waals surface area contributed by atoms with Gasteiger partial charge in [0.15, 0.2) is 5.96 Å². The first-order valence-corrected chi connectivity index (χ1v) is 10.00. The first kappa shape index (κ1) is 21.6. The van der Waals surface area contributed by atoms with Crippen molar-refractivity contribution in [3.8, 4) is 0 Å². The predicted molar refractivity (Wildman–Crippen MR) is 108 cm³/mol. The lowest BCUT2D eigenvalue weighted by Gasteiger charge is -2.25. The predicted octanol–water partition coefficient (Wildman–Crippen LogP) is 1.59. The standard InChI is InChI=1S/C14H24N4O3S2.HI/c1-2-3-6-16-14(15)17-11-12-4-5-13(22-12)23(19,20)18-7-9-21-10-8-18;/h4-5H,2-3,6-11H2,1H3,(H3,15,16,17);1H. The van der Waals surface area contributed by atoms with Crippen molar-refractivity contribution >= 4 is 51.3 Å². The Bertz CT molecular complexity index is 628. The zero-order valence-corrected chi connectivity index (χ0v) is 17.7. The second kappa shape index (κ2) is 10.5. The fraction of sp³-hybridized carbons (Fsp3) is 0.643. The van der Waals surface area contributed by atoms with Crippen LogP contribution in [0.15, 0.2) is 21.3 Å². The molecule has 1 aromatic rings. The first-order valence-electron chi connectivity index (χ1n) is 7.74. The average Bonchev–Trinajstić information content (AvgIpc) is 3.04. The van der Waals surface area contributed by atoms with Crippen molar-refractivity contribution in [1.82, 2.24) is 9.62 Å². The van der Waals surface area contributed by atoms with Gasteiger partial charge in [0, 0.05) is 24.5 Å². The van der Waals surface area contributed by atoms with E-state index in [-0.39, 0.29) is 24.0 Å². The molecule has 1 aliphatic rings. The summed E-state index contributed by atoms with van der Waals surface area (Å²) < 4.78 is 32.1. The van der Waals surface area contributed by atoms with Crippen LogP contribution in [0.2, 0.25) is 0 Å². The maximum atomic E-state index is 12.5. The van der Waals surface area contributed by atoms with Crippen molar-refractivity contribution in [3.05, 3.63) is 17.0 Å². The van der Waals surface area contributed by atoms with Gasteiger partial charge in [-0.05, 0) is 18.6 Å². The van der Waals surface area contributed by atoms with E-state index >= 15 is 0 Å². The van der Waals surface area contributed by atoms with E-state index in [4.69, 9.17) is 10.5 Å². The van der Waals surface area contributed by atoms with E-state index in [1.165, 1.54) is 15.6 Å². The molecule has 7 nitrogen and oxygen atoms in total. The Hall–Kier alpha value is -0.430. The Balaban J connectivity index is 0.00000288. The molecule has 0 amide bonds.